The molecule has 0 radical (unpaired) electrons. The summed E-state index contributed by atoms with van der Waals surface area (Å²) in [6, 6.07) is -4.93. The molecule has 32 heavy (non-hydrogen) atoms. The third kappa shape index (κ3) is 12.1. The van der Waals surface area contributed by atoms with Gasteiger partial charge >= 0.3 is 11.9 Å². The second kappa shape index (κ2) is 16.6. The van der Waals surface area contributed by atoms with Gasteiger partial charge in [-0.2, -0.15) is 23.5 Å². The third-order valence-electron chi connectivity index (χ3n) is 4.29. The smallest absolute Gasteiger partial charge is 0.326 e. The van der Waals surface area contributed by atoms with Crippen molar-refractivity contribution in [2.75, 3.05) is 30.6 Å². The van der Waals surface area contributed by atoms with Gasteiger partial charge in [0.25, 0.3) is 0 Å². The Morgan fingerprint density at radius 3 is 1.78 bits per heavy atom. The zero-order chi connectivity index (χ0) is 24.7. The fourth-order valence-corrected chi connectivity index (χ4v) is 3.38. The molecule has 0 fully saturated rings. The van der Waals surface area contributed by atoms with Crippen molar-refractivity contribution in [3.05, 3.63) is 0 Å². The van der Waals surface area contributed by atoms with Crippen molar-refractivity contribution >= 4 is 53.2 Å². The Hall–Kier alpha value is -2.03. The molecule has 0 aliphatic rings. The van der Waals surface area contributed by atoms with Crippen LogP contribution in [0.3, 0.4) is 0 Å². The Morgan fingerprint density at radius 2 is 1.28 bits per heavy atom. The SMILES string of the molecule is CSCCC(N)C(=O)NC(CO)C(=O)NC(CCC(=O)O)C(=O)NC(CCSC)C(=O)O. The number of carbonyl (C=O) groups excluding carboxylic acids is 3. The summed E-state index contributed by atoms with van der Waals surface area (Å²) in [6.07, 6.45) is 3.30. The standard InChI is InChI=1S/C18H32N4O8S2/c1-31-7-5-10(19)15(26)22-13(9-23)17(28)20-11(3-4-14(24)25)16(27)21-12(18(29)30)6-8-32-2/h10-13,23H,3-9,19H2,1-2H3,(H,20,28)(H,21,27)(H,22,26)(H,24,25)(H,29,30). The van der Waals surface area contributed by atoms with E-state index >= 15 is 0 Å². The summed E-state index contributed by atoms with van der Waals surface area (Å²) in [4.78, 5) is 59.5. The molecule has 12 nitrogen and oxygen atoms in total. The number of aliphatic hydroxyl groups excluding tert-OH is 1. The normalized spacial score (nSPS) is 14.5. The number of nitrogens with two attached hydrogens (primary N) is 1. The van der Waals surface area contributed by atoms with E-state index in [9.17, 15) is 34.2 Å². The molecule has 0 aliphatic carbocycles. The molecule has 0 spiro atoms. The maximum absolute atomic E-state index is 12.6. The van der Waals surface area contributed by atoms with Crippen LogP contribution in [0.4, 0.5) is 0 Å². The summed E-state index contributed by atoms with van der Waals surface area (Å²) in [5.74, 6) is -3.89. The fraction of sp³-hybridized carbons (Fsp3) is 0.722. The van der Waals surface area contributed by atoms with Crippen molar-refractivity contribution in [2.45, 2.75) is 49.9 Å². The summed E-state index contributed by atoms with van der Waals surface area (Å²) in [5.41, 5.74) is 5.73. The van der Waals surface area contributed by atoms with Gasteiger partial charge in [-0.3, -0.25) is 19.2 Å². The van der Waals surface area contributed by atoms with Crippen molar-refractivity contribution in [1.82, 2.24) is 16.0 Å². The number of carbonyl (C=O) groups is 5. The van der Waals surface area contributed by atoms with Gasteiger partial charge in [0.2, 0.25) is 17.7 Å². The number of nitrogens with one attached hydrogen (secondary N) is 3. The van der Waals surface area contributed by atoms with Gasteiger partial charge < -0.3 is 37.0 Å². The molecule has 0 heterocycles. The third-order valence-corrected chi connectivity index (χ3v) is 5.58. The number of hydrogen-bond donors (Lipinski definition) is 7. The second-order valence-corrected chi connectivity index (χ2v) is 8.78. The lowest BCUT2D eigenvalue weighted by Gasteiger charge is -2.24. The predicted octanol–water partition coefficient (Wildman–Crippen LogP) is -1.78. The molecule has 0 aliphatic heterocycles. The number of carboxylic acid groups (broad SMARTS) is 2. The van der Waals surface area contributed by atoms with Crippen molar-refractivity contribution < 1.29 is 39.3 Å². The first-order chi connectivity index (χ1) is 15.1. The zero-order valence-corrected chi connectivity index (χ0v) is 19.7. The summed E-state index contributed by atoms with van der Waals surface area (Å²) in [5, 5.41) is 34.5. The van der Waals surface area contributed by atoms with Crippen LogP contribution in [0.25, 0.3) is 0 Å². The molecular weight excluding hydrogens is 464 g/mol. The first-order valence-corrected chi connectivity index (χ1v) is 12.6. The highest BCUT2D eigenvalue weighted by Crippen LogP contribution is 2.05. The van der Waals surface area contributed by atoms with E-state index in [1.807, 2.05) is 6.26 Å². The van der Waals surface area contributed by atoms with Gasteiger partial charge in [-0.25, -0.2) is 4.79 Å². The van der Waals surface area contributed by atoms with E-state index < -0.39 is 66.9 Å². The maximum atomic E-state index is 12.6. The lowest BCUT2D eigenvalue weighted by Crippen LogP contribution is -2.58. The minimum atomic E-state index is -1.42. The molecule has 0 aromatic heterocycles. The number of amides is 3. The Bertz CT molecular complexity index is 652. The van der Waals surface area contributed by atoms with Crippen LogP contribution in [0.2, 0.25) is 0 Å². The van der Waals surface area contributed by atoms with Crippen LogP contribution in [0.1, 0.15) is 25.7 Å². The summed E-state index contributed by atoms with van der Waals surface area (Å²) >= 11 is 2.87. The van der Waals surface area contributed by atoms with Crippen molar-refractivity contribution in [3.63, 3.8) is 0 Å². The highest BCUT2D eigenvalue weighted by Gasteiger charge is 2.30. The summed E-state index contributed by atoms with van der Waals surface area (Å²) in [7, 11) is 0. The second-order valence-electron chi connectivity index (χ2n) is 6.81. The molecule has 184 valence electrons. The minimum Gasteiger partial charge on any atom is -0.481 e. The van der Waals surface area contributed by atoms with Gasteiger partial charge in [-0.05, 0) is 43.3 Å². The molecule has 0 saturated carbocycles. The molecule has 4 unspecified atom stereocenters. The molecule has 3 amide bonds. The molecule has 0 bridgehead atoms. The van der Waals surface area contributed by atoms with Crippen molar-refractivity contribution in [2.24, 2.45) is 5.73 Å². The molecule has 8 N–H and O–H groups in total. The predicted molar refractivity (Wildman–Crippen MR) is 121 cm³/mol. The number of hydrogen-bond acceptors (Lipinski definition) is 9. The fourth-order valence-electron chi connectivity index (χ4n) is 2.42. The number of aliphatic hydroxyl groups is 1. The highest BCUT2D eigenvalue weighted by atomic mass is 32.2. The van der Waals surface area contributed by atoms with E-state index in [1.54, 1.807) is 6.26 Å². The average Bonchev–Trinajstić information content (AvgIpc) is 2.74. The Morgan fingerprint density at radius 1 is 0.781 bits per heavy atom. The quantitative estimate of drug-likeness (QED) is 0.120. The molecule has 0 aromatic carbocycles. The van der Waals surface area contributed by atoms with Gasteiger partial charge in [0.05, 0.1) is 12.6 Å². The summed E-state index contributed by atoms with van der Waals surface area (Å²) < 4.78 is 0. The average molecular weight is 497 g/mol. The Balaban J connectivity index is 5.24. The lowest BCUT2D eigenvalue weighted by molar-refractivity contribution is -0.143. The first kappa shape index (κ1) is 30.0. The zero-order valence-electron chi connectivity index (χ0n) is 18.0. The van der Waals surface area contributed by atoms with Crippen LogP contribution in [0.15, 0.2) is 0 Å². The monoisotopic (exact) mass is 496 g/mol. The Labute approximate surface area is 194 Å². The van der Waals surface area contributed by atoms with Gasteiger partial charge in [0.1, 0.15) is 18.1 Å². The number of aliphatic carboxylic acids is 2. The van der Waals surface area contributed by atoms with Crippen LogP contribution in [-0.4, -0.2) is 99.8 Å². The molecular formula is C18H32N4O8S2. The van der Waals surface area contributed by atoms with E-state index in [2.05, 4.69) is 16.0 Å². The molecule has 0 aromatic rings. The van der Waals surface area contributed by atoms with Crippen molar-refractivity contribution in [3.8, 4) is 0 Å². The number of carboxylic acids is 2. The largest absolute Gasteiger partial charge is 0.481 e. The summed E-state index contributed by atoms with van der Waals surface area (Å²) in [6.45, 7) is -0.786. The minimum absolute atomic E-state index is 0.130. The van der Waals surface area contributed by atoms with Crippen LogP contribution >= 0.6 is 23.5 Å². The number of rotatable bonds is 17. The molecule has 14 heteroatoms. The van der Waals surface area contributed by atoms with E-state index in [0.717, 1.165) is 0 Å². The van der Waals surface area contributed by atoms with Gasteiger partial charge in [-0.1, -0.05) is 0 Å². The van der Waals surface area contributed by atoms with E-state index in [1.165, 1.54) is 23.5 Å². The molecule has 0 saturated heterocycles. The maximum Gasteiger partial charge on any atom is 0.326 e. The lowest BCUT2D eigenvalue weighted by atomic mass is 10.1. The van der Waals surface area contributed by atoms with Crippen LogP contribution < -0.4 is 21.7 Å². The first-order valence-electron chi connectivity index (χ1n) is 9.77. The van der Waals surface area contributed by atoms with Crippen molar-refractivity contribution in [1.29, 1.82) is 0 Å². The molecule has 4 atom stereocenters. The van der Waals surface area contributed by atoms with E-state index in [-0.39, 0.29) is 12.8 Å². The highest BCUT2D eigenvalue weighted by molar-refractivity contribution is 7.98. The van der Waals surface area contributed by atoms with Gasteiger partial charge in [0, 0.05) is 6.42 Å². The van der Waals surface area contributed by atoms with Gasteiger partial charge in [0.15, 0.2) is 0 Å². The van der Waals surface area contributed by atoms with Crippen LogP contribution in [0, 0.1) is 0 Å². The van der Waals surface area contributed by atoms with Gasteiger partial charge in [-0.15, -0.1) is 0 Å². The molecule has 0 rings (SSSR count). The topological polar surface area (TPSA) is 208 Å². The van der Waals surface area contributed by atoms with E-state index in [4.69, 9.17) is 10.8 Å². The Kier molecular flexibility index (Phi) is 15.5. The number of thioether (sulfide) groups is 2. The van der Waals surface area contributed by atoms with Crippen LogP contribution in [0.5, 0.6) is 0 Å². The van der Waals surface area contributed by atoms with E-state index in [0.29, 0.717) is 17.9 Å². The van der Waals surface area contributed by atoms with Crippen LogP contribution in [-0.2, 0) is 24.0 Å².